The van der Waals surface area contributed by atoms with Crippen molar-refractivity contribution in [2.24, 2.45) is 0 Å². The molecule has 0 saturated carbocycles. The number of nitrogens with one attached hydrogen (secondary N) is 2. The van der Waals surface area contributed by atoms with Crippen LogP contribution in [0, 0.1) is 0 Å². The van der Waals surface area contributed by atoms with Gasteiger partial charge in [0.05, 0.1) is 41.3 Å². The molecular weight excluding hydrogens is 555 g/mol. The zero-order chi connectivity index (χ0) is 28.2. The smallest absolute Gasteiger partial charge is 0.259 e. The molecule has 4 aromatic rings. The summed E-state index contributed by atoms with van der Waals surface area (Å²) in [6.07, 6.45) is 4.67. The van der Waals surface area contributed by atoms with Crippen LogP contribution in [0.1, 0.15) is 32.0 Å². The van der Waals surface area contributed by atoms with E-state index in [1.54, 1.807) is 54.7 Å². The van der Waals surface area contributed by atoms with Crippen LogP contribution in [-0.2, 0) is 17.8 Å². The Hall–Kier alpha value is -4.54. The second kappa shape index (κ2) is 11.7. The van der Waals surface area contributed by atoms with E-state index in [9.17, 15) is 14.4 Å². The van der Waals surface area contributed by atoms with E-state index < -0.39 is 11.9 Å². The van der Waals surface area contributed by atoms with Crippen molar-refractivity contribution >= 4 is 52.6 Å². The van der Waals surface area contributed by atoms with Gasteiger partial charge in [0.2, 0.25) is 11.9 Å². The van der Waals surface area contributed by atoms with Gasteiger partial charge in [-0.2, -0.15) is 0 Å². The zero-order valence-electron chi connectivity index (χ0n) is 21.1. The molecular formula is C28H22Cl2N6O4. The normalized spacial score (nSPS) is 14.7. The maximum atomic E-state index is 13.8. The first-order valence-electron chi connectivity index (χ1n) is 12.1. The number of ether oxygens (including phenoxy) is 1. The number of amides is 3. The number of carbonyl (C=O) groups is 3. The number of hydrogen-bond donors (Lipinski definition) is 2. The van der Waals surface area contributed by atoms with Crippen molar-refractivity contribution < 1.29 is 19.1 Å². The van der Waals surface area contributed by atoms with Gasteiger partial charge < -0.3 is 15.0 Å². The molecule has 1 atom stereocenters. The molecule has 0 saturated heterocycles. The molecule has 1 aliphatic rings. The Morgan fingerprint density at radius 1 is 1.05 bits per heavy atom. The predicted octanol–water partition coefficient (Wildman–Crippen LogP) is 4.65. The van der Waals surface area contributed by atoms with Crippen LogP contribution in [0.5, 0.6) is 5.75 Å². The van der Waals surface area contributed by atoms with Crippen LogP contribution >= 0.6 is 23.2 Å². The maximum absolute atomic E-state index is 13.8. The molecule has 2 aromatic carbocycles. The highest BCUT2D eigenvalue weighted by molar-refractivity contribution is 6.34. The van der Waals surface area contributed by atoms with E-state index in [-0.39, 0.29) is 41.3 Å². The maximum Gasteiger partial charge on any atom is 0.259 e. The van der Waals surface area contributed by atoms with Gasteiger partial charge in [-0.05, 0) is 48.0 Å². The summed E-state index contributed by atoms with van der Waals surface area (Å²) >= 11 is 12.6. The highest BCUT2D eigenvalue weighted by Crippen LogP contribution is 2.29. The molecule has 10 nitrogen and oxygen atoms in total. The minimum atomic E-state index is -0.873. The van der Waals surface area contributed by atoms with Gasteiger partial charge in [0, 0.05) is 29.9 Å². The number of hydrogen-bond acceptors (Lipinski definition) is 7. The lowest BCUT2D eigenvalue weighted by atomic mass is 10.0. The molecule has 12 heteroatoms. The van der Waals surface area contributed by atoms with Crippen LogP contribution in [-0.4, -0.2) is 50.7 Å². The minimum absolute atomic E-state index is 0.0506. The molecule has 1 aliphatic heterocycles. The SMILES string of the molecule is COc1cnc(NC(=O)c2ccc(CN3C(=O)c4ccc(Cl)cc4NC(=O)C3Cc3ccccn3)cc2Cl)nc1. The minimum Gasteiger partial charge on any atom is -0.494 e. The summed E-state index contributed by atoms with van der Waals surface area (Å²) in [5.41, 5.74) is 2.10. The van der Waals surface area contributed by atoms with Crippen LogP contribution in [0.25, 0.3) is 0 Å². The Kier molecular flexibility index (Phi) is 7.90. The molecule has 40 heavy (non-hydrogen) atoms. The van der Waals surface area contributed by atoms with Crippen molar-refractivity contribution in [1.29, 1.82) is 0 Å². The molecule has 0 spiro atoms. The monoisotopic (exact) mass is 576 g/mol. The summed E-state index contributed by atoms with van der Waals surface area (Å²) in [6.45, 7) is 0.0506. The number of aromatic nitrogens is 3. The van der Waals surface area contributed by atoms with Crippen molar-refractivity contribution in [3.63, 3.8) is 0 Å². The molecule has 0 fully saturated rings. The van der Waals surface area contributed by atoms with E-state index in [2.05, 4.69) is 25.6 Å². The Morgan fingerprint density at radius 2 is 1.85 bits per heavy atom. The van der Waals surface area contributed by atoms with Crippen molar-refractivity contribution in [3.8, 4) is 5.75 Å². The number of benzene rings is 2. The summed E-state index contributed by atoms with van der Waals surface area (Å²) in [5, 5.41) is 5.97. The van der Waals surface area contributed by atoms with Gasteiger partial charge in [0.1, 0.15) is 6.04 Å². The van der Waals surface area contributed by atoms with Crippen LogP contribution in [0.4, 0.5) is 11.6 Å². The average Bonchev–Trinajstić information content (AvgIpc) is 3.03. The van der Waals surface area contributed by atoms with Crippen LogP contribution in [0.15, 0.2) is 73.2 Å². The molecule has 3 amide bonds. The van der Waals surface area contributed by atoms with E-state index in [1.807, 2.05) is 6.07 Å². The fourth-order valence-corrected chi connectivity index (χ4v) is 4.72. The molecule has 3 heterocycles. The summed E-state index contributed by atoms with van der Waals surface area (Å²) in [7, 11) is 1.49. The van der Waals surface area contributed by atoms with Gasteiger partial charge in [0.25, 0.3) is 11.8 Å². The van der Waals surface area contributed by atoms with Crippen LogP contribution in [0.2, 0.25) is 10.0 Å². The first kappa shape index (κ1) is 27.0. The summed E-state index contributed by atoms with van der Waals surface area (Å²) in [5.74, 6) is -0.708. The average molecular weight is 577 g/mol. The fourth-order valence-electron chi connectivity index (χ4n) is 4.25. The van der Waals surface area contributed by atoms with E-state index in [0.29, 0.717) is 33.3 Å². The predicted molar refractivity (Wildman–Crippen MR) is 150 cm³/mol. The lowest BCUT2D eigenvalue weighted by molar-refractivity contribution is -0.120. The quantitative estimate of drug-likeness (QED) is 0.328. The topological polar surface area (TPSA) is 126 Å². The summed E-state index contributed by atoms with van der Waals surface area (Å²) in [4.78, 5) is 53.8. The molecule has 2 aromatic heterocycles. The molecule has 0 aliphatic carbocycles. The number of methoxy groups -OCH3 is 1. The number of halogens is 2. The highest BCUT2D eigenvalue weighted by Gasteiger charge is 2.36. The first-order chi connectivity index (χ1) is 19.3. The number of nitrogens with zero attached hydrogens (tertiary/aromatic N) is 4. The molecule has 0 radical (unpaired) electrons. The second-order valence-electron chi connectivity index (χ2n) is 8.87. The fraction of sp³-hybridized carbons (Fsp3) is 0.143. The number of fused-ring (bicyclic) bond motifs is 1. The van der Waals surface area contributed by atoms with Gasteiger partial charge in [0.15, 0.2) is 5.75 Å². The Bertz CT molecular complexity index is 1580. The van der Waals surface area contributed by atoms with Gasteiger partial charge in [-0.1, -0.05) is 35.3 Å². The van der Waals surface area contributed by atoms with E-state index >= 15 is 0 Å². The zero-order valence-corrected chi connectivity index (χ0v) is 22.6. The Morgan fingerprint density at radius 3 is 2.55 bits per heavy atom. The summed E-state index contributed by atoms with van der Waals surface area (Å²) in [6, 6.07) is 14.0. The largest absolute Gasteiger partial charge is 0.494 e. The third-order valence-corrected chi connectivity index (χ3v) is 6.81. The van der Waals surface area contributed by atoms with Crippen molar-refractivity contribution in [3.05, 3.63) is 106 Å². The van der Waals surface area contributed by atoms with Crippen molar-refractivity contribution in [2.75, 3.05) is 17.7 Å². The third-order valence-electron chi connectivity index (χ3n) is 6.26. The highest BCUT2D eigenvalue weighted by atomic mass is 35.5. The standard InChI is InChI=1S/C28H22Cl2N6O4/c1-40-19-13-32-28(33-14-19)35-25(37)20-7-5-16(10-22(20)30)15-36-24(12-18-4-2-3-9-31-18)26(38)34-23-11-17(29)6-8-21(23)27(36)39/h2-11,13-14,24H,12,15H2,1H3,(H,34,38)(H,32,33,35,37). The molecule has 5 rings (SSSR count). The second-order valence-corrected chi connectivity index (χ2v) is 9.71. The van der Waals surface area contributed by atoms with Gasteiger partial charge in [-0.25, -0.2) is 9.97 Å². The first-order valence-corrected chi connectivity index (χ1v) is 12.8. The van der Waals surface area contributed by atoms with Gasteiger partial charge >= 0.3 is 0 Å². The molecule has 0 bridgehead atoms. The molecule has 202 valence electrons. The number of rotatable bonds is 7. The van der Waals surface area contributed by atoms with E-state index in [4.69, 9.17) is 27.9 Å². The van der Waals surface area contributed by atoms with E-state index in [0.717, 1.165) is 0 Å². The number of pyridine rings is 1. The summed E-state index contributed by atoms with van der Waals surface area (Å²) < 4.78 is 5.02. The van der Waals surface area contributed by atoms with Crippen LogP contribution in [0.3, 0.4) is 0 Å². The Balaban J connectivity index is 1.42. The Labute approximate surface area is 239 Å². The number of anilines is 2. The lowest BCUT2D eigenvalue weighted by Crippen LogP contribution is -2.46. The van der Waals surface area contributed by atoms with Crippen LogP contribution < -0.4 is 15.4 Å². The van der Waals surface area contributed by atoms with Gasteiger partial charge in [-0.15, -0.1) is 0 Å². The molecule has 2 N–H and O–H groups in total. The lowest BCUT2D eigenvalue weighted by Gasteiger charge is -2.29. The number of carbonyl (C=O) groups excluding carboxylic acids is 3. The van der Waals surface area contributed by atoms with Crippen molar-refractivity contribution in [1.82, 2.24) is 19.9 Å². The van der Waals surface area contributed by atoms with Crippen molar-refractivity contribution in [2.45, 2.75) is 19.0 Å². The third kappa shape index (κ3) is 5.88. The van der Waals surface area contributed by atoms with E-state index in [1.165, 1.54) is 24.4 Å². The van der Waals surface area contributed by atoms with Gasteiger partial charge in [-0.3, -0.25) is 24.7 Å². The molecule has 1 unspecified atom stereocenters.